The van der Waals surface area contributed by atoms with Crippen molar-refractivity contribution >= 4 is 5.91 Å². The molecule has 3 heterocycles. The highest BCUT2D eigenvalue weighted by Crippen LogP contribution is 2.23. The molecule has 0 unspecified atom stereocenters. The van der Waals surface area contributed by atoms with E-state index in [-0.39, 0.29) is 17.4 Å². The van der Waals surface area contributed by atoms with E-state index >= 15 is 0 Å². The van der Waals surface area contributed by atoms with Gasteiger partial charge in [-0.15, -0.1) is 0 Å². The van der Waals surface area contributed by atoms with Gasteiger partial charge in [0.2, 0.25) is 0 Å². The number of morpholine rings is 1. The van der Waals surface area contributed by atoms with Crippen molar-refractivity contribution in [2.45, 2.75) is 32.3 Å². The molecular formula is C16H21N5O2. The van der Waals surface area contributed by atoms with Gasteiger partial charge in [0.1, 0.15) is 11.8 Å². The van der Waals surface area contributed by atoms with E-state index in [0.29, 0.717) is 25.4 Å². The monoisotopic (exact) mass is 315 g/mol. The largest absolute Gasteiger partial charge is 0.368 e. The van der Waals surface area contributed by atoms with Crippen molar-refractivity contribution in [2.24, 2.45) is 0 Å². The number of nitrogens with zero attached hydrogens (tertiary/aromatic N) is 4. The van der Waals surface area contributed by atoms with Crippen LogP contribution in [0.2, 0.25) is 0 Å². The molecule has 1 atom stereocenters. The summed E-state index contributed by atoms with van der Waals surface area (Å²) >= 11 is 0. The summed E-state index contributed by atoms with van der Waals surface area (Å²) in [5, 5.41) is 7.13. The van der Waals surface area contributed by atoms with Gasteiger partial charge in [-0.1, -0.05) is 20.8 Å². The molecule has 1 saturated heterocycles. The van der Waals surface area contributed by atoms with Crippen LogP contribution < -0.4 is 0 Å². The van der Waals surface area contributed by atoms with Gasteiger partial charge in [-0.25, -0.2) is 0 Å². The van der Waals surface area contributed by atoms with E-state index < -0.39 is 0 Å². The van der Waals surface area contributed by atoms with Crippen LogP contribution in [0.5, 0.6) is 0 Å². The van der Waals surface area contributed by atoms with Crippen molar-refractivity contribution in [1.82, 2.24) is 25.1 Å². The molecule has 1 N–H and O–H groups in total. The van der Waals surface area contributed by atoms with Crippen LogP contribution in [0.25, 0.3) is 0 Å². The van der Waals surface area contributed by atoms with Crippen molar-refractivity contribution in [3.05, 3.63) is 41.7 Å². The van der Waals surface area contributed by atoms with Crippen molar-refractivity contribution in [2.75, 3.05) is 19.7 Å². The fourth-order valence-corrected chi connectivity index (χ4v) is 2.47. The van der Waals surface area contributed by atoms with Gasteiger partial charge in [0.15, 0.2) is 0 Å². The molecule has 7 heteroatoms. The van der Waals surface area contributed by atoms with E-state index in [1.54, 1.807) is 23.5 Å². The Morgan fingerprint density at radius 1 is 1.39 bits per heavy atom. The van der Waals surface area contributed by atoms with Crippen LogP contribution in [0.1, 0.15) is 48.8 Å². The molecule has 1 amide bonds. The highest BCUT2D eigenvalue weighted by atomic mass is 16.5. The molecule has 23 heavy (non-hydrogen) atoms. The summed E-state index contributed by atoms with van der Waals surface area (Å²) in [6, 6.07) is 1.83. The quantitative estimate of drug-likeness (QED) is 0.912. The van der Waals surface area contributed by atoms with E-state index in [9.17, 15) is 4.79 Å². The fourth-order valence-electron chi connectivity index (χ4n) is 2.47. The van der Waals surface area contributed by atoms with Gasteiger partial charge in [-0.3, -0.25) is 19.9 Å². The Balaban J connectivity index is 1.73. The second-order valence-corrected chi connectivity index (χ2v) is 6.66. The maximum atomic E-state index is 12.7. The topological polar surface area (TPSA) is 84.0 Å². The number of carbonyl (C=O) groups is 1. The number of H-pyrrole nitrogens is 1. The number of nitrogens with one attached hydrogen (secondary N) is 1. The first-order chi connectivity index (χ1) is 10.9. The predicted octanol–water partition coefficient (Wildman–Crippen LogP) is 1.71. The van der Waals surface area contributed by atoms with Crippen LogP contribution >= 0.6 is 0 Å². The molecule has 7 nitrogen and oxygen atoms in total. The van der Waals surface area contributed by atoms with Gasteiger partial charge in [0.05, 0.1) is 25.0 Å². The van der Waals surface area contributed by atoms with Gasteiger partial charge in [-0.05, 0) is 6.07 Å². The number of aromatic nitrogens is 4. The summed E-state index contributed by atoms with van der Waals surface area (Å²) in [6.45, 7) is 7.71. The lowest BCUT2D eigenvalue weighted by Gasteiger charge is -2.32. The van der Waals surface area contributed by atoms with Crippen LogP contribution in [0.4, 0.5) is 0 Å². The Bertz CT molecular complexity index is 677. The van der Waals surface area contributed by atoms with Gasteiger partial charge < -0.3 is 9.64 Å². The molecule has 0 radical (unpaired) electrons. The van der Waals surface area contributed by atoms with Gasteiger partial charge in [0.25, 0.3) is 5.91 Å². The summed E-state index contributed by atoms with van der Waals surface area (Å²) in [7, 11) is 0. The maximum absolute atomic E-state index is 12.7. The van der Waals surface area contributed by atoms with Crippen molar-refractivity contribution in [3.8, 4) is 0 Å². The molecule has 1 aliphatic rings. The summed E-state index contributed by atoms with van der Waals surface area (Å²) in [4.78, 5) is 22.7. The Hall–Kier alpha value is -2.28. The lowest BCUT2D eigenvalue weighted by molar-refractivity contribution is -0.0250. The number of hydrogen-bond acceptors (Lipinski definition) is 5. The fraction of sp³-hybridized carbons (Fsp3) is 0.500. The molecule has 0 bridgehead atoms. The summed E-state index contributed by atoms with van der Waals surface area (Å²) < 4.78 is 5.72. The molecule has 1 fully saturated rings. The number of ether oxygens (including phenoxy) is 1. The standard InChI is InChI=1S/C16H21N5O2/c1-16(2,3)14-8-11(19-20-14)15(22)21-6-7-23-13(10-21)12-9-17-4-5-18-12/h4-5,8-9,13H,6-7,10H2,1-3H3,(H,19,20)/t13-/m0/s1. The molecular weight excluding hydrogens is 294 g/mol. The summed E-state index contributed by atoms with van der Waals surface area (Å²) in [5.74, 6) is -0.0889. The van der Waals surface area contributed by atoms with Crippen LogP contribution in [-0.4, -0.2) is 50.7 Å². The molecule has 2 aromatic rings. The van der Waals surface area contributed by atoms with Gasteiger partial charge >= 0.3 is 0 Å². The first-order valence-corrected chi connectivity index (χ1v) is 7.68. The van der Waals surface area contributed by atoms with Gasteiger partial charge in [0, 0.05) is 30.0 Å². The third kappa shape index (κ3) is 3.39. The maximum Gasteiger partial charge on any atom is 0.274 e. The minimum absolute atomic E-state index is 0.0707. The van der Waals surface area contributed by atoms with E-state index in [1.165, 1.54) is 0 Å². The Kier molecular flexibility index (Phi) is 4.12. The molecule has 122 valence electrons. The summed E-state index contributed by atoms with van der Waals surface area (Å²) in [6.07, 6.45) is 4.67. The van der Waals surface area contributed by atoms with Crippen molar-refractivity contribution in [3.63, 3.8) is 0 Å². The third-order valence-corrected chi connectivity index (χ3v) is 3.87. The van der Waals surface area contributed by atoms with Crippen molar-refractivity contribution in [1.29, 1.82) is 0 Å². The predicted molar refractivity (Wildman–Crippen MR) is 83.9 cm³/mol. The highest BCUT2D eigenvalue weighted by Gasteiger charge is 2.29. The Labute approximate surface area is 135 Å². The average Bonchev–Trinajstić information content (AvgIpc) is 3.05. The van der Waals surface area contributed by atoms with Crippen LogP contribution in [0, 0.1) is 0 Å². The lowest BCUT2D eigenvalue weighted by Crippen LogP contribution is -2.42. The summed E-state index contributed by atoms with van der Waals surface area (Å²) in [5.41, 5.74) is 2.05. The zero-order valence-electron chi connectivity index (χ0n) is 13.6. The Morgan fingerprint density at radius 2 is 2.22 bits per heavy atom. The van der Waals surface area contributed by atoms with E-state index in [1.807, 2.05) is 6.07 Å². The number of rotatable bonds is 2. The molecule has 0 aliphatic carbocycles. The number of aromatic amines is 1. The lowest BCUT2D eigenvalue weighted by atomic mass is 9.92. The van der Waals surface area contributed by atoms with Crippen LogP contribution in [-0.2, 0) is 10.2 Å². The number of hydrogen-bond donors (Lipinski definition) is 1. The average molecular weight is 315 g/mol. The number of carbonyl (C=O) groups excluding carboxylic acids is 1. The van der Waals surface area contributed by atoms with Crippen molar-refractivity contribution < 1.29 is 9.53 Å². The zero-order valence-corrected chi connectivity index (χ0v) is 13.6. The molecule has 3 rings (SSSR count). The molecule has 0 saturated carbocycles. The first kappa shape index (κ1) is 15.6. The third-order valence-electron chi connectivity index (χ3n) is 3.87. The molecule has 1 aliphatic heterocycles. The molecule has 2 aromatic heterocycles. The van der Waals surface area contributed by atoms with Gasteiger partial charge in [-0.2, -0.15) is 5.10 Å². The second kappa shape index (κ2) is 6.08. The minimum Gasteiger partial charge on any atom is -0.368 e. The SMILES string of the molecule is CC(C)(C)c1cc(C(=O)N2CCO[C@H](c3cnccn3)C2)n[nH]1. The zero-order chi connectivity index (χ0) is 16.4. The second-order valence-electron chi connectivity index (χ2n) is 6.66. The van der Waals surface area contributed by atoms with Crippen LogP contribution in [0.15, 0.2) is 24.7 Å². The highest BCUT2D eigenvalue weighted by molar-refractivity contribution is 5.92. The molecule has 0 aromatic carbocycles. The normalized spacial score (nSPS) is 18.9. The van der Waals surface area contributed by atoms with E-state index in [4.69, 9.17) is 4.74 Å². The smallest absolute Gasteiger partial charge is 0.274 e. The van der Waals surface area contributed by atoms with E-state index in [0.717, 1.165) is 11.4 Å². The molecule has 0 spiro atoms. The first-order valence-electron chi connectivity index (χ1n) is 7.68. The Morgan fingerprint density at radius 3 is 2.87 bits per heavy atom. The minimum atomic E-state index is -0.248. The number of amides is 1. The van der Waals surface area contributed by atoms with Crippen LogP contribution in [0.3, 0.4) is 0 Å². The van der Waals surface area contributed by atoms with E-state index in [2.05, 4.69) is 40.9 Å².